The number of aryl methyl sites for hydroxylation is 2. The number of rotatable bonds is 6. The minimum Gasteiger partial charge on any atom is -0.311 e. The van der Waals surface area contributed by atoms with Crippen LogP contribution in [0.4, 0.5) is 5.69 Å². The lowest BCUT2D eigenvalue weighted by Crippen LogP contribution is -2.33. The van der Waals surface area contributed by atoms with E-state index in [9.17, 15) is 4.79 Å². The summed E-state index contributed by atoms with van der Waals surface area (Å²) >= 11 is 1.32. The van der Waals surface area contributed by atoms with Crippen LogP contribution in [0.5, 0.6) is 0 Å². The van der Waals surface area contributed by atoms with Gasteiger partial charge >= 0.3 is 0 Å². The maximum atomic E-state index is 12.7. The molecule has 1 amide bonds. The van der Waals surface area contributed by atoms with Crippen LogP contribution >= 0.6 is 11.8 Å². The Bertz CT molecular complexity index is 963. The van der Waals surface area contributed by atoms with Crippen LogP contribution in [0.15, 0.2) is 41.6 Å². The molecule has 0 bridgehead atoms. The second kappa shape index (κ2) is 7.97. The number of para-hydroxylation sites is 1. The number of nitrogens with zero attached hydrogens (tertiary/aromatic N) is 6. The first kappa shape index (κ1) is 17.9. The summed E-state index contributed by atoms with van der Waals surface area (Å²) in [4.78, 5) is 18.7. The van der Waals surface area contributed by atoms with E-state index in [2.05, 4.69) is 21.3 Å². The predicted molar refractivity (Wildman–Crippen MR) is 100 cm³/mol. The van der Waals surface area contributed by atoms with E-state index in [4.69, 9.17) is 5.26 Å². The zero-order chi connectivity index (χ0) is 18.5. The number of amides is 1. The van der Waals surface area contributed by atoms with Gasteiger partial charge < -0.3 is 4.90 Å². The number of anilines is 1. The van der Waals surface area contributed by atoms with Crippen molar-refractivity contribution < 1.29 is 4.79 Å². The van der Waals surface area contributed by atoms with E-state index in [1.54, 1.807) is 4.90 Å². The van der Waals surface area contributed by atoms with E-state index >= 15 is 0 Å². The molecule has 2 aromatic heterocycles. The van der Waals surface area contributed by atoms with Gasteiger partial charge in [-0.05, 0) is 32.0 Å². The number of aromatic nitrogens is 4. The largest absolute Gasteiger partial charge is 0.311 e. The highest BCUT2D eigenvalue weighted by Crippen LogP contribution is 2.21. The van der Waals surface area contributed by atoms with Crippen molar-refractivity contribution in [3.8, 4) is 6.07 Å². The van der Waals surface area contributed by atoms with Crippen LogP contribution in [0.1, 0.15) is 17.8 Å². The molecule has 0 aliphatic rings. The summed E-state index contributed by atoms with van der Waals surface area (Å²) in [6.07, 6.45) is 0.279. The summed E-state index contributed by atoms with van der Waals surface area (Å²) in [5.74, 6) is 0.654. The number of carbonyl (C=O) groups excluding carboxylic acids is 1. The second-order valence-electron chi connectivity index (χ2n) is 5.73. The first-order chi connectivity index (χ1) is 12.6. The lowest BCUT2D eigenvalue weighted by molar-refractivity contribution is -0.116. The van der Waals surface area contributed by atoms with Crippen molar-refractivity contribution in [2.45, 2.75) is 25.4 Å². The van der Waals surface area contributed by atoms with E-state index in [-0.39, 0.29) is 18.1 Å². The Morgan fingerprint density at radius 2 is 2.04 bits per heavy atom. The van der Waals surface area contributed by atoms with Crippen LogP contribution < -0.4 is 4.90 Å². The third-order valence-corrected chi connectivity index (χ3v) is 4.72. The number of fused-ring (bicyclic) bond motifs is 1. The van der Waals surface area contributed by atoms with Gasteiger partial charge in [-0.25, -0.2) is 4.98 Å². The van der Waals surface area contributed by atoms with Crippen molar-refractivity contribution >= 4 is 29.1 Å². The van der Waals surface area contributed by atoms with E-state index in [0.717, 1.165) is 17.1 Å². The number of hydrogen-bond acceptors (Lipinski definition) is 6. The third-order valence-electron chi connectivity index (χ3n) is 3.80. The highest BCUT2D eigenvalue weighted by molar-refractivity contribution is 7.99. The number of carbonyl (C=O) groups is 1. The molecule has 1 aromatic carbocycles. The van der Waals surface area contributed by atoms with Crippen molar-refractivity contribution in [3.63, 3.8) is 0 Å². The SMILES string of the molecule is Cc1cc(C)n2c(SCC(=O)N(CCC#N)c3ccccc3)nnc2n1. The third kappa shape index (κ3) is 3.83. The van der Waals surface area contributed by atoms with E-state index in [1.165, 1.54) is 11.8 Å². The molecule has 0 fully saturated rings. The van der Waals surface area contributed by atoms with Gasteiger partial charge in [0.05, 0.1) is 18.2 Å². The van der Waals surface area contributed by atoms with Gasteiger partial charge in [-0.1, -0.05) is 30.0 Å². The average molecular weight is 366 g/mol. The monoisotopic (exact) mass is 366 g/mol. The summed E-state index contributed by atoms with van der Waals surface area (Å²) in [6.45, 7) is 4.23. The molecule has 0 atom stereocenters. The molecule has 0 aliphatic carbocycles. The molecule has 3 aromatic rings. The maximum Gasteiger partial charge on any atom is 0.256 e. The van der Waals surface area contributed by atoms with Gasteiger partial charge in [0.15, 0.2) is 5.16 Å². The molecule has 0 saturated carbocycles. The van der Waals surface area contributed by atoms with Gasteiger partial charge in [0, 0.05) is 23.6 Å². The highest BCUT2D eigenvalue weighted by Gasteiger charge is 2.18. The molecule has 3 rings (SSSR count). The van der Waals surface area contributed by atoms with Crippen LogP contribution in [0.2, 0.25) is 0 Å². The first-order valence-electron chi connectivity index (χ1n) is 8.14. The van der Waals surface area contributed by atoms with E-state index in [1.807, 2.05) is 54.6 Å². The molecule has 0 radical (unpaired) electrons. The molecule has 0 N–H and O–H groups in total. The molecule has 0 unspecified atom stereocenters. The second-order valence-corrected chi connectivity index (χ2v) is 6.68. The number of hydrogen-bond donors (Lipinski definition) is 0. The van der Waals surface area contributed by atoms with E-state index < -0.39 is 0 Å². The highest BCUT2D eigenvalue weighted by atomic mass is 32.2. The van der Waals surface area contributed by atoms with Gasteiger partial charge in [-0.15, -0.1) is 10.2 Å². The lowest BCUT2D eigenvalue weighted by atomic mass is 10.2. The van der Waals surface area contributed by atoms with Crippen molar-refractivity contribution in [1.82, 2.24) is 19.6 Å². The summed E-state index contributed by atoms with van der Waals surface area (Å²) in [7, 11) is 0. The number of benzene rings is 1. The quantitative estimate of drug-likeness (QED) is 0.624. The zero-order valence-corrected chi connectivity index (χ0v) is 15.4. The van der Waals surface area contributed by atoms with Crippen molar-refractivity contribution in [2.24, 2.45) is 0 Å². The van der Waals surface area contributed by atoms with Crippen LogP contribution in [0.3, 0.4) is 0 Å². The Morgan fingerprint density at radius 3 is 2.77 bits per heavy atom. The Hall–Kier alpha value is -2.92. The van der Waals surface area contributed by atoms with Gasteiger partial charge in [-0.2, -0.15) is 5.26 Å². The fourth-order valence-electron chi connectivity index (χ4n) is 2.67. The fraction of sp³-hybridized carbons (Fsp3) is 0.278. The fourth-order valence-corrected chi connectivity index (χ4v) is 3.53. The number of thioether (sulfide) groups is 1. The minimum atomic E-state index is -0.0778. The number of nitriles is 1. The van der Waals surface area contributed by atoms with Crippen molar-refractivity contribution in [1.29, 1.82) is 5.26 Å². The first-order valence-corrected chi connectivity index (χ1v) is 9.13. The lowest BCUT2D eigenvalue weighted by Gasteiger charge is -2.21. The van der Waals surface area contributed by atoms with Crippen LogP contribution in [0, 0.1) is 25.2 Å². The van der Waals surface area contributed by atoms with Gasteiger partial charge in [0.25, 0.3) is 5.78 Å². The van der Waals surface area contributed by atoms with Gasteiger partial charge in [0.1, 0.15) is 0 Å². The molecule has 132 valence electrons. The summed E-state index contributed by atoms with van der Waals surface area (Å²) in [6, 6.07) is 13.4. The van der Waals surface area contributed by atoms with Crippen LogP contribution in [0.25, 0.3) is 5.78 Å². The van der Waals surface area contributed by atoms with Crippen molar-refractivity contribution in [2.75, 3.05) is 17.2 Å². The molecule has 26 heavy (non-hydrogen) atoms. The summed E-state index contributed by atoms with van der Waals surface area (Å²) in [5.41, 5.74) is 2.63. The summed E-state index contributed by atoms with van der Waals surface area (Å²) in [5, 5.41) is 17.7. The zero-order valence-electron chi connectivity index (χ0n) is 14.6. The molecular weight excluding hydrogens is 348 g/mol. The Balaban J connectivity index is 1.77. The molecule has 0 saturated heterocycles. The smallest absolute Gasteiger partial charge is 0.256 e. The average Bonchev–Trinajstić information content (AvgIpc) is 3.04. The molecule has 2 heterocycles. The topological polar surface area (TPSA) is 87.2 Å². The minimum absolute atomic E-state index is 0.0778. The molecule has 0 spiro atoms. The van der Waals surface area contributed by atoms with Crippen molar-refractivity contribution in [3.05, 3.63) is 47.8 Å². The normalized spacial score (nSPS) is 10.7. The van der Waals surface area contributed by atoms with Crippen LogP contribution in [-0.4, -0.2) is 37.8 Å². The van der Waals surface area contributed by atoms with E-state index in [0.29, 0.717) is 17.5 Å². The van der Waals surface area contributed by atoms with Gasteiger partial charge in [-0.3, -0.25) is 9.20 Å². The standard InChI is InChI=1S/C18H18N6OS/c1-13-11-14(2)24-17(20-13)21-22-18(24)26-12-16(25)23(10-6-9-19)15-7-4-3-5-8-15/h3-5,7-8,11H,6,10,12H2,1-2H3. The Labute approximate surface area is 155 Å². The Morgan fingerprint density at radius 1 is 1.27 bits per heavy atom. The van der Waals surface area contributed by atoms with Gasteiger partial charge in [0.2, 0.25) is 5.91 Å². The molecular formula is C18H18N6OS. The maximum absolute atomic E-state index is 12.7. The summed E-state index contributed by atoms with van der Waals surface area (Å²) < 4.78 is 1.84. The molecule has 8 heteroatoms. The molecule has 0 aliphatic heterocycles. The molecule has 7 nitrogen and oxygen atoms in total. The van der Waals surface area contributed by atoms with Crippen LogP contribution in [-0.2, 0) is 4.79 Å². The predicted octanol–water partition coefficient (Wildman–Crippen LogP) is 2.78. The Kier molecular flexibility index (Phi) is 5.49.